The van der Waals surface area contributed by atoms with Crippen LogP contribution in [0.15, 0.2) is 30.5 Å². The van der Waals surface area contributed by atoms with Crippen LogP contribution in [0.2, 0.25) is 0 Å². The fourth-order valence-electron chi connectivity index (χ4n) is 2.64. The van der Waals surface area contributed by atoms with E-state index in [4.69, 9.17) is 4.74 Å². The molecule has 1 aliphatic carbocycles. The molecule has 2 aromatic rings. The van der Waals surface area contributed by atoms with E-state index in [1.807, 2.05) is 13.0 Å². The lowest BCUT2D eigenvalue weighted by molar-refractivity contribution is 0.0692. The molecule has 6 heteroatoms. The van der Waals surface area contributed by atoms with Crippen LogP contribution < -0.4 is 10.1 Å². The Kier molecular flexibility index (Phi) is 4.64. The molecule has 126 valence electrons. The van der Waals surface area contributed by atoms with Crippen LogP contribution >= 0.6 is 0 Å². The van der Waals surface area contributed by atoms with Gasteiger partial charge in [-0.15, -0.1) is 0 Å². The number of ether oxygens (including phenoxy) is 1. The maximum atomic E-state index is 11.4. The predicted molar refractivity (Wildman–Crippen MR) is 91.4 cm³/mol. The van der Waals surface area contributed by atoms with Gasteiger partial charge in [0.2, 0.25) is 5.95 Å². The molecule has 3 rings (SSSR count). The van der Waals surface area contributed by atoms with Gasteiger partial charge in [-0.2, -0.15) is 0 Å². The number of anilines is 1. The Balaban J connectivity index is 1.87. The van der Waals surface area contributed by atoms with Crippen LogP contribution in [-0.4, -0.2) is 33.7 Å². The zero-order valence-electron chi connectivity index (χ0n) is 13.8. The fraction of sp³-hybridized carbons (Fsp3) is 0.389. The molecule has 1 atom stereocenters. The van der Waals surface area contributed by atoms with Crippen molar-refractivity contribution in [3.05, 3.63) is 36.0 Å². The third kappa shape index (κ3) is 3.64. The lowest BCUT2D eigenvalue weighted by Gasteiger charge is -2.13. The summed E-state index contributed by atoms with van der Waals surface area (Å²) < 4.78 is 5.37. The Hall–Kier alpha value is -2.63. The number of aromatic carboxylic acids is 1. The van der Waals surface area contributed by atoms with Gasteiger partial charge in [0.15, 0.2) is 0 Å². The summed E-state index contributed by atoms with van der Waals surface area (Å²) >= 11 is 0. The van der Waals surface area contributed by atoms with Crippen molar-refractivity contribution in [2.24, 2.45) is 5.92 Å². The molecule has 2 N–H and O–H groups in total. The average Bonchev–Trinajstić information content (AvgIpc) is 3.40. The quantitative estimate of drug-likeness (QED) is 0.810. The van der Waals surface area contributed by atoms with Gasteiger partial charge in [-0.1, -0.05) is 0 Å². The molecule has 0 saturated heterocycles. The zero-order chi connectivity index (χ0) is 17.1. The minimum Gasteiger partial charge on any atom is -0.493 e. The zero-order valence-corrected chi connectivity index (χ0v) is 13.8. The molecule has 1 aliphatic rings. The SMILES string of the molecule is CCOc1ccc(-c2ccnc(NC(C)C3CC3)n2)cc1C(=O)O. The molecule has 0 aliphatic heterocycles. The molecule has 1 unspecified atom stereocenters. The Morgan fingerprint density at radius 2 is 2.21 bits per heavy atom. The van der Waals surface area contributed by atoms with E-state index < -0.39 is 5.97 Å². The molecule has 1 saturated carbocycles. The van der Waals surface area contributed by atoms with Crippen LogP contribution in [0.3, 0.4) is 0 Å². The van der Waals surface area contributed by atoms with Gasteiger partial charge < -0.3 is 15.2 Å². The molecular weight excluding hydrogens is 306 g/mol. The number of hydrogen-bond donors (Lipinski definition) is 2. The third-order valence-corrected chi connectivity index (χ3v) is 4.15. The van der Waals surface area contributed by atoms with Gasteiger partial charge in [0.25, 0.3) is 0 Å². The summed E-state index contributed by atoms with van der Waals surface area (Å²) in [6.45, 7) is 4.37. The minimum atomic E-state index is -1.02. The number of nitrogens with one attached hydrogen (secondary N) is 1. The molecule has 1 aromatic carbocycles. The molecular formula is C18H21N3O3. The number of nitrogens with zero attached hydrogens (tertiary/aromatic N) is 2. The van der Waals surface area contributed by atoms with Gasteiger partial charge in [0.1, 0.15) is 11.3 Å². The van der Waals surface area contributed by atoms with Gasteiger partial charge in [0, 0.05) is 17.8 Å². The van der Waals surface area contributed by atoms with E-state index in [2.05, 4.69) is 22.2 Å². The lowest BCUT2D eigenvalue weighted by atomic mass is 10.1. The van der Waals surface area contributed by atoms with Crippen LogP contribution in [0, 0.1) is 5.92 Å². The van der Waals surface area contributed by atoms with Crippen LogP contribution in [0.1, 0.15) is 37.0 Å². The van der Waals surface area contributed by atoms with E-state index in [1.54, 1.807) is 24.4 Å². The van der Waals surface area contributed by atoms with E-state index in [0.717, 1.165) is 5.56 Å². The number of carboxylic acid groups (broad SMARTS) is 1. The smallest absolute Gasteiger partial charge is 0.339 e. The van der Waals surface area contributed by atoms with Crippen molar-refractivity contribution in [2.45, 2.75) is 32.7 Å². The predicted octanol–water partition coefficient (Wildman–Crippen LogP) is 3.45. The topological polar surface area (TPSA) is 84.3 Å². The second-order valence-electron chi connectivity index (χ2n) is 5.99. The van der Waals surface area contributed by atoms with Crippen LogP contribution in [-0.2, 0) is 0 Å². The second kappa shape index (κ2) is 6.86. The first-order chi connectivity index (χ1) is 11.6. The van der Waals surface area contributed by atoms with Crippen molar-refractivity contribution < 1.29 is 14.6 Å². The van der Waals surface area contributed by atoms with Gasteiger partial charge in [-0.05, 0) is 56.9 Å². The number of carboxylic acids is 1. The largest absolute Gasteiger partial charge is 0.493 e. The number of hydrogen-bond acceptors (Lipinski definition) is 5. The summed E-state index contributed by atoms with van der Waals surface area (Å²) in [6, 6.07) is 7.19. The fourth-order valence-corrected chi connectivity index (χ4v) is 2.64. The van der Waals surface area contributed by atoms with Crippen LogP contribution in [0.5, 0.6) is 5.75 Å². The van der Waals surface area contributed by atoms with E-state index >= 15 is 0 Å². The van der Waals surface area contributed by atoms with E-state index in [1.165, 1.54) is 12.8 Å². The van der Waals surface area contributed by atoms with Gasteiger partial charge in [-0.25, -0.2) is 14.8 Å². The number of aromatic nitrogens is 2. The normalized spacial score (nSPS) is 14.9. The van der Waals surface area contributed by atoms with E-state index in [-0.39, 0.29) is 5.56 Å². The first-order valence-electron chi connectivity index (χ1n) is 8.18. The monoisotopic (exact) mass is 327 g/mol. The molecule has 0 radical (unpaired) electrons. The summed E-state index contributed by atoms with van der Waals surface area (Å²) in [6.07, 6.45) is 4.17. The summed E-state index contributed by atoms with van der Waals surface area (Å²) in [4.78, 5) is 20.2. The van der Waals surface area contributed by atoms with Crippen molar-refractivity contribution in [3.8, 4) is 17.0 Å². The first kappa shape index (κ1) is 16.2. The lowest BCUT2D eigenvalue weighted by Crippen LogP contribution is -2.19. The maximum Gasteiger partial charge on any atom is 0.339 e. The summed E-state index contributed by atoms with van der Waals surface area (Å²) in [5.74, 6) is 0.609. The van der Waals surface area contributed by atoms with Crippen molar-refractivity contribution in [2.75, 3.05) is 11.9 Å². The number of carbonyl (C=O) groups is 1. The highest BCUT2D eigenvalue weighted by molar-refractivity contribution is 5.92. The Morgan fingerprint density at radius 1 is 1.42 bits per heavy atom. The molecule has 6 nitrogen and oxygen atoms in total. The Labute approximate surface area is 140 Å². The Bertz CT molecular complexity index is 744. The van der Waals surface area contributed by atoms with Crippen LogP contribution in [0.25, 0.3) is 11.3 Å². The summed E-state index contributed by atoms with van der Waals surface area (Å²) in [5, 5.41) is 12.7. The van der Waals surface area contributed by atoms with Crippen molar-refractivity contribution in [3.63, 3.8) is 0 Å². The highest BCUT2D eigenvalue weighted by Crippen LogP contribution is 2.33. The molecule has 0 spiro atoms. The molecule has 0 bridgehead atoms. The minimum absolute atomic E-state index is 0.133. The highest BCUT2D eigenvalue weighted by Gasteiger charge is 2.28. The van der Waals surface area contributed by atoms with Crippen molar-refractivity contribution in [1.82, 2.24) is 9.97 Å². The molecule has 1 aromatic heterocycles. The average molecular weight is 327 g/mol. The molecule has 1 heterocycles. The first-order valence-corrected chi connectivity index (χ1v) is 8.18. The highest BCUT2D eigenvalue weighted by atomic mass is 16.5. The molecule has 0 amide bonds. The van der Waals surface area contributed by atoms with Crippen LogP contribution in [0.4, 0.5) is 5.95 Å². The van der Waals surface area contributed by atoms with Gasteiger partial charge in [0.05, 0.1) is 12.3 Å². The second-order valence-corrected chi connectivity index (χ2v) is 5.99. The Morgan fingerprint density at radius 3 is 2.88 bits per heavy atom. The standard InChI is InChI=1S/C18H21N3O3/c1-3-24-16-7-6-13(10-14(16)17(22)23)15-8-9-19-18(21-15)20-11(2)12-4-5-12/h6-12H,3-5H2,1-2H3,(H,22,23)(H,19,20,21). The van der Waals surface area contributed by atoms with Crippen molar-refractivity contribution >= 4 is 11.9 Å². The van der Waals surface area contributed by atoms with E-state index in [9.17, 15) is 9.90 Å². The third-order valence-electron chi connectivity index (χ3n) is 4.15. The summed E-state index contributed by atoms with van der Waals surface area (Å²) in [5.41, 5.74) is 1.54. The maximum absolute atomic E-state index is 11.4. The van der Waals surface area contributed by atoms with Crippen molar-refractivity contribution in [1.29, 1.82) is 0 Å². The van der Waals surface area contributed by atoms with E-state index in [0.29, 0.717) is 36.0 Å². The number of rotatable bonds is 7. The molecule has 1 fully saturated rings. The number of benzene rings is 1. The van der Waals surface area contributed by atoms with Gasteiger partial charge >= 0.3 is 5.97 Å². The van der Waals surface area contributed by atoms with Gasteiger partial charge in [-0.3, -0.25) is 0 Å². The molecule has 24 heavy (non-hydrogen) atoms. The summed E-state index contributed by atoms with van der Waals surface area (Å²) in [7, 11) is 0.